The normalized spacial score (nSPS) is 21.2. The Balaban J connectivity index is 1.77. The standard InChI is InChI=1S/C27H37N3O4/c1-5-19(4)28-25(32)23(6-2)30(17-20-12-8-7-11-18(20)3)24(31)15-16-29-26(33)21-13-9-10-14-22(21)27(29)34/h7-12,19,21-23H,5-6,13-17H2,1-4H3,(H,28,32)/t19-,21-,22+,23+/m1/s1. The Morgan fingerprint density at radius 1 is 1.06 bits per heavy atom. The molecule has 1 aliphatic carbocycles. The number of hydrogen-bond acceptors (Lipinski definition) is 4. The van der Waals surface area contributed by atoms with E-state index in [1.54, 1.807) is 4.90 Å². The second kappa shape index (κ2) is 11.4. The van der Waals surface area contributed by atoms with Gasteiger partial charge in [-0.05, 0) is 50.7 Å². The van der Waals surface area contributed by atoms with E-state index in [0.29, 0.717) is 25.8 Å². The number of carbonyl (C=O) groups is 4. The van der Waals surface area contributed by atoms with Gasteiger partial charge < -0.3 is 10.2 Å². The molecular formula is C27H37N3O4. The van der Waals surface area contributed by atoms with E-state index in [0.717, 1.165) is 17.5 Å². The minimum Gasteiger partial charge on any atom is -0.352 e. The number of nitrogens with one attached hydrogen (secondary N) is 1. The maximum atomic E-state index is 13.5. The number of allylic oxidation sites excluding steroid dienone is 2. The van der Waals surface area contributed by atoms with Crippen LogP contribution in [0.15, 0.2) is 36.4 Å². The fourth-order valence-corrected chi connectivity index (χ4v) is 4.77. The molecule has 1 aromatic carbocycles. The van der Waals surface area contributed by atoms with Crippen molar-refractivity contribution >= 4 is 23.6 Å². The predicted molar refractivity (Wildman–Crippen MR) is 130 cm³/mol. The first-order valence-electron chi connectivity index (χ1n) is 12.4. The number of benzene rings is 1. The lowest BCUT2D eigenvalue weighted by atomic mass is 9.85. The van der Waals surface area contributed by atoms with Crippen LogP contribution < -0.4 is 5.32 Å². The van der Waals surface area contributed by atoms with Gasteiger partial charge in [0.1, 0.15) is 6.04 Å². The summed E-state index contributed by atoms with van der Waals surface area (Å²) in [7, 11) is 0. The van der Waals surface area contributed by atoms with Crippen molar-refractivity contribution in [3.05, 3.63) is 47.5 Å². The van der Waals surface area contributed by atoms with Gasteiger partial charge in [-0.25, -0.2) is 0 Å². The van der Waals surface area contributed by atoms with Crippen LogP contribution in [0, 0.1) is 18.8 Å². The van der Waals surface area contributed by atoms with Crippen molar-refractivity contribution < 1.29 is 19.2 Å². The molecule has 0 radical (unpaired) electrons. The second-order valence-corrected chi connectivity index (χ2v) is 9.42. The van der Waals surface area contributed by atoms with Crippen LogP contribution in [0.3, 0.4) is 0 Å². The lowest BCUT2D eigenvalue weighted by molar-refractivity contribution is -0.144. The minimum absolute atomic E-state index is 0.00331. The third kappa shape index (κ3) is 5.57. The summed E-state index contributed by atoms with van der Waals surface area (Å²) in [5.41, 5.74) is 2.01. The number of fused-ring (bicyclic) bond motifs is 1. The highest BCUT2D eigenvalue weighted by Gasteiger charge is 2.47. The monoisotopic (exact) mass is 467 g/mol. The summed E-state index contributed by atoms with van der Waals surface area (Å²) < 4.78 is 0. The van der Waals surface area contributed by atoms with Crippen LogP contribution in [0.2, 0.25) is 0 Å². The highest BCUT2D eigenvalue weighted by atomic mass is 16.2. The summed E-state index contributed by atoms with van der Waals surface area (Å²) in [4.78, 5) is 55.0. The lowest BCUT2D eigenvalue weighted by Crippen LogP contribution is -2.51. The molecule has 0 saturated carbocycles. The van der Waals surface area contributed by atoms with Gasteiger partial charge in [0, 0.05) is 25.6 Å². The summed E-state index contributed by atoms with van der Waals surface area (Å²) in [6.07, 6.45) is 6.32. The van der Waals surface area contributed by atoms with E-state index in [1.807, 2.05) is 64.1 Å². The molecule has 184 valence electrons. The molecule has 1 aliphatic heterocycles. The van der Waals surface area contributed by atoms with E-state index in [2.05, 4.69) is 5.32 Å². The van der Waals surface area contributed by atoms with Crippen LogP contribution in [0.25, 0.3) is 0 Å². The van der Waals surface area contributed by atoms with Crippen molar-refractivity contribution in [1.82, 2.24) is 15.1 Å². The summed E-state index contributed by atoms with van der Waals surface area (Å²) >= 11 is 0. The molecule has 1 heterocycles. The van der Waals surface area contributed by atoms with Gasteiger partial charge in [-0.1, -0.05) is 50.3 Å². The van der Waals surface area contributed by atoms with Crippen molar-refractivity contribution in [2.24, 2.45) is 11.8 Å². The summed E-state index contributed by atoms with van der Waals surface area (Å²) in [6, 6.07) is 7.18. The Morgan fingerprint density at radius 3 is 2.24 bits per heavy atom. The van der Waals surface area contributed by atoms with E-state index >= 15 is 0 Å². The zero-order valence-electron chi connectivity index (χ0n) is 20.8. The van der Waals surface area contributed by atoms with Gasteiger partial charge in [0.05, 0.1) is 11.8 Å². The molecule has 34 heavy (non-hydrogen) atoms. The number of aryl methyl sites for hydroxylation is 1. The van der Waals surface area contributed by atoms with Gasteiger partial charge in [-0.3, -0.25) is 24.1 Å². The fraction of sp³-hybridized carbons (Fsp3) is 0.556. The maximum Gasteiger partial charge on any atom is 0.243 e. The van der Waals surface area contributed by atoms with E-state index in [1.165, 1.54) is 4.90 Å². The third-order valence-corrected chi connectivity index (χ3v) is 7.14. The number of likely N-dealkylation sites (tertiary alicyclic amines) is 1. The molecule has 4 atom stereocenters. The summed E-state index contributed by atoms with van der Waals surface area (Å²) in [5.74, 6) is -1.38. The summed E-state index contributed by atoms with van der Waals surface area (Å²) in [6.45, 7) is 8.17. The lowest BCUT2D eigenvalue weighted by Gasteiger charge is -2.32. The van der Waals surface area contributed by atoms with Gasteiger partial charge in [-0.15, -0.1) is 0 Å². The number of rotatable bonds is 10. The van der Waals surface area contributed by atoms with Crippen molar-refractivity contribution in [1.29, 1.82) is 0 Å². The van der Waals surface area contributed by atoms with Crippen molar-refractivity contribution in [2.75, 3.05) is 6.54 Å². The van der Waals surface area contributed by atoms with Gasteiger partial charge in [0.25, 0.3) is 0 Å². The SMILES string of the molecule is CC[C@@H](C)NC(=O)[C@H](CC)N(Cc1ccccc1C)C(=O)CCN1C(=O)[C@H]2CC=CC[C@H]2C1=O. The highest BCUT2D eigenvalue weighted by molar-refractivity contribution is 6.05. The van der Waals surface area contributed by atoms with E-state index < -0.39 is 6.04 Å². The number of hydrogen-bond donors (Lipinski definition) is 1. The predicted octanol–water partition coefficient (Wildman–Crippen LogP) is 3.36. The molecule has 1 N–H and O–H groups in total. The van der Waals surface area contributed by atoms with Crippen molar-refractivity contribution in [2.45, 2.75) is 78.4 Å². The first-order chi connectivity index (χ1) is 16.3. The highest BCUT2D eigenvalue weighted by Crippen LogP contribution is 2.35. The molecule has 1 saturated heterocycles. The van der Waals surface area contributed by atoms with Crippen molar-refractivity contribution in [3.63, 3.8) is 0 Å². The number of imide groups is 1. The Morgan fingerprint density at radius 2 is 1.68 bits per heavy atom. The van der Waals surface area contributed by atoms with Gasteiger partial charge in [-0.2, -0.15) is 0 Å². The number of carbonyl (C=O) groups excluding carboxylic acids is 4. The Bertz CT molecular complexity index is 931. The van der Waals surface area contributed by atoms with Crippen LogP contribution in [-0.4, -0.2) is 52.1 Å². The Kier molecular flexibility index (Phi) is 8.64. The quantitative estimate of drug-likeness (QED) is 0.422. The molecule has 1 aromatic rings. The maximum absolute atomic E-state index is 13.5. The zero-order chi connectivity index (χ0) is 24.8. The van der Waals surface area contributed by atoms with Crippen LogP contribution in [-0.2, 0) is 25.7 Å². The minimum atomic E-state index is -0.627. The average Bonchev–Trinajstić information content (AvgIpc) is 3.08. The molecule has 3 rings (SSSR count). The number of nitrogens with zero attached hydrogens (tertiary/aromatic N) is 2. The Labute approximate surface area is 202 Å². The van der Waals surface area contributed by atoms with E-state index in [4.69, 9.17) is 0 Å². The molecule has 7 nitrogen and oxygen atoms in total. The molecule has 0 aromatic heterocycles. The van der Waals surface area contributed by atoms with Gasteiger partial charge in [0.2, 0.25) is 23.6 Å². The molecule has 0 unspecified atom stereocenters. The van der Waals surface area contributed by atoms with Crippen LogP contribution >= 0.6 is 0 Å². The topological polar surface area (TPSA) is 86.8 Å². The van der Waals surface area contributed by atoms with Gasteiger partial charge in [0.15, 0.2) is 0 Å². The van der Waals surface area contributed by atoms with Crippen LogP contribution in [0.1, 0.15) is 64.0 Å². The molecule has 7 heteroatoms. The zero-order valence-corrected chi connectivity index (χ0v) is 20.8. The second-order valence-electron chi connectivity index (χ2n) is 9.42. The molecule has 4 amide bonds. The number of amides is 4. The first kappa shape index (κ1) is 25.7. The first-order valence-corrected chi connectivity index (χ1v) is 12.4. The molecule has 0 spiro atoms. The molecule has 2 aliphatic rings. The van der Waals surface area contributed by atoms with Crippen LogP contribution in [0.5, 0.6) is 0 Å². The van der Waals surface area contributed by atoms with Gasteiger partial charge >= 0.3 is 0 Å². The average molecular weight is 468 g/mol. The van der Waals surface area contributed by atoms with E-state index in [-0.39, 0.29) is 54.5 Å². The van der Waals surface area contributed by atoms with E-state index in [9.17, 15) is 19.2 Å². The molecule has 1 fully saturated rings. The molecule has 0 bridgehead atoms. The summed E-state index contributed by atoms with van der Waals surface area (Å²) in [5, 5.41) is 3.00. The van der Waals surface area contributed by atoms with Crippen LogP contribution in [0.4, 0.5) is 0 Å². The Hall–Kier alpha value is -2.96. The molecular weight excluding hydrogens is 430 g/mol. The fourth-order valence-electron chi connectivity index (χ4n) is 4.77. The third-order valence-electron chi connectivity index (χ3n) is 7.14. The largest absolute Gasteiger partial charge is 0.352 e. The smallest absolute Gasteiger partial charge is 0.243 e. The van der Waals surface area contributed by atoms with Crippen molar-refractivity contribution in [3.8, 4) is 0 Å².